The van der Waals surface area contributed by atoms with E-state index in [-0.39, 0.29) is 23.7 Å². The lowest BCUT2D eigenvalue weighted by atomic mass is 10.1. The van der Waals surface area contributed by atoms with Gasteiger partial charge in [0.05, 0.1) is 24.1 Å². The summed E-state index contributed by atoms with van der Waals surface area (Å²) >= 11 is 0. The average molecular weight is 380 g/mol. The molecule has 0 saturated heterocycles. The molecule has 0 radical (unpaired) electrons. The topological polar surface area (TPSA) is 74.3 Å². The van der Waals surface area contributed by atoms with Gasteiger partial charge in [-0.1, -0.05) is 6.07 Å². The fourth-order valence-electron chi connectivity index (χ4n) is 3.38. The Bertz CT molecular complexity index is 834. The second-order valence-corrected chi connectivity index (χ2v) is 7.15. The zero-order chi connectivity index (χ0) is 20.1. The summed E-state index contributed by atoms with van der Waals surface area (Å²) in [5, 5.41) is 5.85. The third-order valence-electron chi connectivity index (χ3n) is 5.23. The summed E-state index contributed by atoms with van der Waals surface area (Å²) in [6, 6.07) is 11.6. The Morgan fingerprint density at radius 3 is 2.50 bits per heavy atom. The molecular weight excluding hydrogens is 352 g/mol. The van der Waals surface area contributed by atoms with Crippen LogP contribution in [0.25, 0.3) is 0 Å². The Balaban J connectivity index is 1.52. The van der Waals surface area contributed by atoms with Crippen molar-refractivity contribution in [3.05, 3.63) is 53.9 Å². The first kappa shape index (κ1) is 19.9. The predicted octanol–water partition coefficient (Wildman–Crippen LogP) is 3.13. The minimum absolute atomic E-state index is 0.0839. The maximum atomic E-state index is 12.5. The molecule has 1 aromatic heterocycles. The number of nitrogens with one attached hydrogen (secondary N) is 2. The Labute approximate surface area is 166 Å². The summed E-state index contributed by atoms with van der Waals surface area (Å²) in [5.74, 6) is -0.680. The summed E-state index contributed by atoms with van der Waals surface area (Å²) in [6.45, 7) is 8.52. The lowest BCUT2D eigenvalue weighted by Crippen LogP contribution is -2.27. The second kappa shape index (κ2) is 8.87. The molecule has 1 heterocycles. The molecule has 1 saturated carbocycles. The van der Waals surface area contributed by atoms with Crippen LogP contribution in [0.3, 0.4) is 0 Å². The van der Waals surface area contributed by atoms with Crippen LogP contribution >= 0.6 is 0 Å². The van der Waals surface area contributed by atoms with Gasteiger partial charge < -0.3 is 15.5 Å². The van der Waals surface area contributed by atoms with Crippen LogP contribution in [-0.2, 0) is 16.1 Å². The van der Waals surface area contributed by atoms with E-state index in [0.717, 1.165) is 35.7 Å². The number of hydrogen-bond acceptors (Lipinski definition) is 4. The predicted molar refractivity (Wildman–Crippen MR) is 111 cm³/mol. The number of nitrogens with zero attached hydrogens (tertiary/aromatic N) is 2. The molecule has 6 nitrogen and oxygen atoms in total. The number of carbonyl (C=O) groups is 2. The SMILES string of the molecule is CCN(CC)c1ccc(NC(=O)C2CC2C(=O)NCc2ccccn2)c(C)c1. The number of benzene rings is 1. The van der Waals surface area contributed by atoms with E-state index in [2.05, 4.69) is 40.4 Å². The van der Waals surface area contributed by atoms with Crippen LogP contribution in [0.15, 0.2) is 42.6 Å². The van der Waals surface area contributed by atoms with Crippen LogP contribution in [0.4, 0.5) is 11.4 Å². The molecular formula is C22H28N4O2. The summed E-state index contributed by atoms with van der Waals surface area (Å²) in [4.78, 5) is 31.3. The first-order valence-corrected chi connectivity index (χ1v) is 9.87. The van der Waals surface area contributed by atoms with Crippen LogP contribution in [0.1, 0.15) is 31.5 Å². The molecule has 1 aliphatic carbocycles. The molecule has 6 heteroatoms. The van der Waals surface area contributed by atoms with E-state index >= 15 is 0 Å². The molecule has 2 unspecified atom stereocenters. The van der Waals surface area contributed by atoms with Gasteiger partial charge in [-0.15, -0.1) is 0 Å². The van der Waals surface area contributed by atoms with Crippen molar-refractivity contribution in [1.29, 1.82) is 0 Å². The fourth-order valence-corrected chi connectivity index (χ4v) is 3.38. The normalized spacial score (nSPS) is 17.7. The standard InChI is InChI=1S/C22H28N4O2/c1-4-26(5-2)17-9-10-20(15(3)12-17)25-22(28)19-13-18(19)21(27)24-14-16-8-6-7-11-23-16/h6-12,18-19H,4-5,13-14H2,1-3H3,(H,24,27)(H,25,28). The zero-order valence-electron chi connectivity index (χ0n) is 16.7. The Morgan fingerprint density at radius 2 is 1.86 bits per heavy atom. The van der Waals surface area contributed by atoms with Crippen LogP contribution in [0.5, 0.6) is 0 Å². The van der Waals surface area contributed by atoms with Gasteiger partial charge in [-0.3, -0.25) is 14.6 Å². The molecule has 1 aromatic carbocycles. The molecule has 28 heavy (non-hydrogen) atoms. The summed E-state index contributed by atoms with van der Waals surface area (Å²) < 4.78 is 0. The smallest absolute Gasteiger partial charge is 0.228 e. The van der Waals surface area contributed by atoms with E-state index < -0.39 is 0 Å². The maximum absolute atomic E-state index is 12.5. The first-order chi connectivity index (χ1) is 13.5. The van der Waals surface area contributed by atoms with E-state index in [1.807, 2.05) is 37.3 Å². The number of rotatable bonds is 8. The quantitative estimate of drug-likeness (QED) is 0.738. The Kier molecular flexibility index (Phi) is 6.29. The number of aryl methyl sites for hydroxylation is 1. The molecule has 0 spiro atoms. The van der Waals surface area contributed by atoms with Crippen molar-refractivity contribution in [2.24, 2.45) is 11.8 Å². The lowest BCUT2D eigenvalue weighted by Gasteiger charge is -2.22. The van der Waals surface area contributed by atoms with Crippen molar-refractivity contribution < 1.29 is 9.59 Å². The first-order valence-electron chi connectivity index (χ1n) is 9.87. The highest BCUT2D eigenvalue weighted by atomic mass is 16.2. The van der Waals surface area contributed by atoms with Gasteiger partial charge in [0.2, 0.25) is 11.8 Å². The van der Waals surface area contributed by atoms with Gasteiger partial charge in [-0.2, -0.15) is 0 Å². The molecule has 2 aromatic rings. The highest BCUT2D eigenvalue weighted by Gasteiger charge is 2.48. The van der Waals surface area contributed by atoms with Crippen molar-refractivity contribution >= 4 is 23.2 Å². The molecule has 0 bridgehead atoms. The highest BCUT2D eigenvalue weighted by molar-refractivity contribution is 6.00. The van der Waals surface area contributed by atoms with Gasteiger partial charge in [-0.25, -0.2) is 0 Å². The zero-order valence-corrected chi connectivity index (χ0v) is 16.7. The van der Waals surface area contributed by atoms with Gasteiger partial charge >= 0.3 is 0 Å². The number of amides is 2. The van der Waals surface area contributed by atoms with E-state index in [9.17, 15) is 9.59 Å². The molecule has 1 fully saturated rings. The third kappa shape index (κ3) is 4.68. The lowest BCUT2D eigenvalue weighted by molar-refractivity contribution is -0.125. The molecule has 2 N–H and O–H groups in total. The molecule has 2 atom stereocenters. The van der Waals surface area contributed by atoms with Gasteiger partial charge in [0.15, 0.2) is 0 Å². The number of pyridine rings is 1. The van der Waals surface area contributed by atoms with Crippen molar-refractivity contribution in [1.82, 2.24) is 10.3 Å². The van der Waals surface area contributed by atoms with E-state index in [4.69, 9.17) is 0 Å². The Morgan fingerprint density at radius 1 is 1.11 bits per heavy atom. The van der Waals surface area contributed by atoms with E-state index in [1.165, 1.54) is 0 Å². The minimum atomic E-state index is -0.259. The van der Waals surface area contributed by atoms with Gasteiger partial charge in [0.1, 0.15) is 0 Å². The molecule has 148 valence electrons. The van der Waals surface area contributed by atoms with Crippen molar-refractivity contribution in [2.75, 3.05) is 23.3 Å². The number of aromatic nitrogens is 1. The molecule has 2 amide bonds. The van der Waals surface area contributed by atoms with Crippen LogP contribution in [0, 0.1) is 18.8 Å². The molecule has 0 aliphatic heterocycles. The monoisotopic (exact) mass is 380 g/mol. The van der Waals surface area contributed by atoms with Crippen LogP contribution in [-0.4, -0.2) is 29.9 Å². The largest absolute Gasteiger partial charge is 0.372 e. The van der Waals surface area contributed by atoms with Crippen molar-refractivity contribution in [2.45, 2.75) is 33.7 Å². The van der Waals surface area contributed by atoms with Crippen molar-refractivity contribution in [3.63, 3.8) is 0 Å². The van der Waals surface area contributed by atoms with Gasteiger partial charge in [0, 0.05) is 30.7 Å². The summed E-state index contributed by atoms with van der Waals surface area (Å²) in [6.07, 6.45) is 2.29. The minimum Gasteiger partial charge on any atom is -0.372 e. The number of carbonyl (C=O) groups excluding carboxylic acids is 2. The second-order valence-electron chi connectivity index (χ2n) is 7.15. The van der Waals surface area contributed by atoms with Crippen molar-refractivity contribution in [3.8, 4) is 0 Å². The summed E-state index contributed by atoms with van der Waals surface area (Å²) in [7, 11) is 0. The maximum Gasteiger partial charge on any atom is 0.228 e. The third-order valence-corrected chi connectivity index (χ3v) is 5.23. The average Bonchev–Trinajstić information content (AvgIpc) is 3.51. The van der Waals surface area contributed by atoms with E-state index in [0.29, 0.717) is 13.0 Å². The fraction of sp³-hybridized carbons (Fsp3) is 0.409. The van der Waals surface area contributed by atoms with E-state index in [1.54, 1.807) is 6.20 Å². The Hall–Kier alpha value is -2.89. The molecule has 3 rings (SSSR count). The summed E-state index contributed by atoms with van der Waals surface area (Å²) in [5.41, 5.74) is 3.79. The number of anilines is 2. The van der Waals surface area contributed by atoms with Gasteiger partial charge in [-0.05, 0) is 63.1 Å². The van der Waals surface area contributed by atoms with Crippen LogP contribution < -0.4 is 15.5 Å². The molecule has 1 aliphatic rings. The highest BCUT2D eigenvalue weighted by Crippen LogP contribution is 2.40. The van der Waals surface area contributed by atoms with Gasteiger partial charge in [0.25, 0.3) is 0 Å². The van der Waals surface area contributed by atoms with Crippen LogP contribution in [0.2, 0.25) is 0 Å². The number of hydrogen-bond donors (Lipinski definition) is 2.